The maximum Gasteiger partial charge on any atom is 0.326 e. The number of nitrogens with two attached hydrogens (primary N) is 4. The maximum atomic E-state index is 13.0. The second kappa shape index (κ2) is 15.8. The molecule has 0 saturated carbocycles. The molecule has 0 aliphatic carbocycles. The zero-order valence-corrected chi connectivity index (χ0v) is 21.9. The average molecular weight is 551 g/mol. The van der Waals surface area contributed by atoms with Crippen molar-refractivity contribution in [2.45, 2.75) is 63.7 Å². The standard InChI is InChI=1S/C24H38N8O7/c1-12(2)19(32-20(35)15(25)10-13-5-7-14(33)8-6-13)22(37)31-17(11-18(26)34)21(36)30-16(23(38)39)4-3-9-29-24(27)28/h5-8,12,15-17,19,33H,3-4,9-11,25H2,1-2H3,(H2,26,34)(H,30,36)(H,31,37)(H,32,35)(H,38,39)(H4,27,28,29). The fourth-order valence-electron chi connectivity index (χ4n) is 3.48. The number of carbonyl (C=O) groups excluding carboxylic acids is 4. The van der Waals surface area contributed by atoms with Crippen LogP contribution in [0.5, 0.6) is 5.75 Å². The third-order valence-corrected chi connectivity index (χ3v) is 5.57. The molecule has 0 fully saturated rings. The topological polar surface area (TPSA) is 278 Å². The number of phenolic OH excluding ortho intramolecular Hbond substituents is 1. The first kappa shape index (κ1) is 32.6. The van der Waals surface area contributed by atoms with Gasteiger partial charge in [-0.2, -0.15) is 0 Å². The Morgan fingerprint density at radius 3 is 2.00 bits per heavy atom. The first-order valence-electron chi connectivity index (χ1n) is 12.2. The number of hydrogen-bond acceptors (Lipinski definition) is 8. The summed E-state index contributed by atoms with van der Waals surface area (Å²) < 4.78 is 0. The molecular formula is C24H38N8O7. The molecule has 15 heteroatoms. The molecule has 4 atom stereocenters. The highest BCUT2D eigenvalue weighted by atomic mass is 16.4. The lowest BCUT2D eigenvalue weighted by molar-refractivity contribution is -0.142. The van der Waals surface area contributed by atoms with Crippen molar-refractivity contribution in [3.63, 3.8) is 0 Å². The number of nitrogens with one attached hydrogen (secondary N) is 3. The number of aromatic hydroxyl groups is 1. The summed E-state index contributed by atoms with van der Waals surface area (Å²) in [5.41, 5.74) is 22.4. The van der Waals surface area contributed by atoms with Gasteiger partial charge in [-0.25, -0.2) is 4.79 Å². The van der Waals surface area contributed by atoms with Crippen LogP contribution in [0.1, 0.15) is 38.7 Å². The molecular weight excluding hydrogens is 512 g/mol. The minimum absolute atomic E-state index is 0.0291. The number of hydrogen-bond donors (Lipinski definition) is 9. The SMILES string of the molecule is CC(C)C(NC(=O)C(N)Cc1ccc(O)cc1)C(=O)NC(CC(N)=O)C(=O)NC(CCCN=C(N)N)C(=O)O. The maximum absolute atomic E-state index is 13.0. The van der Waals surface area contributed by atoms with Crippen molar-refractivity contribution in [2.75, 3.05) is 6.54 Å². The number of rotatable bonds is 16. The largest absolute Gasteiger partial charge is 0.508 e. The minimum Gasteiger partial charge on any atom is -0.508 e. The number of nitrogens with zero attached hydrogens (tertiary/aromatic N) is 1. The highest BCUT2D eigenvalue weighted by molar-refractivity contribution is 5.96. The molecule has 0 aromatic heterocycles. The molecule has 0 spiro atoms. The second-order valence-electron chi connectivity index (χ2n) is 9.29. The van der Waals surface area contributed by atoms with Crippen molar-refractivity contribution in [1.29, 1.82) is 0 Å². The van der Waals surface area contributed by atoms with E-state index in [9.17, 15) is 34.2 Å². The van der Waals surface area contributed by atoms with E-state index in [1.54, 1.807) is 26.0 Å². The van der Waals surface area contributed by atoms with Gasteiger partial charge in [-0.1, -0.05) is 26.0 Å². The number of phenols is 1. The van der Waals surface area contributed by atoms with E-state index in [-0.39, 0.29) is 37.5 Å². The number of aliphatic imine (C=N–C) groups is 1. The number of carboxylic acids is 1. The Morgan fingerprint density at radius 2 is 1.49 bits per heavy atom. The Labute approximate surface area is 225 Å². The van der Waals surface area contributed by atoms with E-state index in [1.165, 1.54) is 12.1 Å². The van der Waals surface area contributed by atoms with E-state index in [2.05, 4.69) is 20.9 Å². The normalized spacial score (nSPS) is 13.8. The molecule has 1 aromatic rings. The van der Waals surface area contributed by atoms with E-state index in [1.807, 2.05) is 0 Å². The monoisotopic (exact) mass is 550 g/mol. The fourth-order valence-corrected chi connectivity index (χ4v) is 3.48. The number of benzene rings is 1. The third kappa shape index (κ3) is 12.1. The van der Waals surface area contributed by atoms with Gasteiger partial charge in [0.25, 0.3) is 0 Å². The molecule has 39 heavy (non-hydrogen) atoms. The Morgan fingerprint density at radius 1 is 0.897 bits per heavy atom. The number of primary amides is 1. The lowest BCUT2D eigenvalue weighted by atomic mass is 10.0. The quantitative estimate of drug-likeness (QED) is 0.0587. The molecule has 0 saturated heterocycles. The second-order valence-corrected chi connectivity index (χ2v) is 9.29. The summed E-state index contributed by atoms with van der Waals surface area (Å²) in [5.74, 6) is -5.20. The number of amides is 4. The van der Waals surface area contributed by atoms with Crippen LogP contribution in [0.4, 0.5) is 0 Å². The summed E-state index contributed by atoms with van der Waals surface area (Å²) in [5, 5.41) is 26.0. The molecule has 0 radical (unpaired) electrons. The Kier molecular flexibility index (Phi) is 13.2. The van der Waals surface area contributed by atoms with Gasteiger partial charge >= 0.3 is 5.97 Å². The van der Waals surface area contributed by atoms with Crippen molar-refractivity contribution in [1.82, 2.24) is 16.0 Å². The van der Waals surface area contributed by atoms with Crippen molar-refractivity contribution in [3.8, 4) is 5.75 Å². The summed E-state index contributed by atoms with van der Waals surface area (Å²) in [6, 6.07) is 1.10. The van der Waals surface area contributed by atoms with Crippen LogP contribution in [-0.2, 0) is 30.4 Å². The number of carbonyl (C=O) groups is 5. The fraction of sp³-hybridized carbons (Fsp3) is 0.500. The van der Waals surface area contributed by atoms with Gasteiger partial charge in [0.1, 0.15) is 23.9 Å². The zero-order valence-electron chi connectivity index (χ0n) is 21.9. The molecule has 0 aliphatic rings. The molecule has 0 aliphatic heterocycles. The predicted molar refractivity (Wildman–Crippen MR) is 142 cm³/mol. The number of aliphatic carboxylic acids is 1. The van der Waals surface area contributed by atoms with Crippen molar-refractivity contribution < 1.29 is 34.2 Å². The summed E-state index contributed by atoms with van der Waals surface area (Å²) >= 11 is 0. The van der Waals surface area contributed by atoms with Crippen molar-refractivity contribution >= 4 is 35.6 Å². The molecule has 13 N–H and O–H groups in total. The van der Waals surface area contributed by atoms with E-state index >= 15 is 0 Å². The van der Waals surface area contributed by atoms with E-state index in [4.69, 9.17) is 22.9 Å². The van der Waals surface area contributed by atoms with Crippen LogP contribution in [0, 0.1) is 5.92 Å². The summed E-state index contributed by atoms with van der Waals surface area (Å²) in [6.07, 6.45) is -0.283. The van der Waals surface area contributed by atoms with Gasteiger partial charge in [0, 0.05) is 6.54 Å². The molecule has 4 amide bonds. The van der Waals surface area contributed by atoms with Crippen LogP contribution in [0.2, 0.25) is 0 Å². The van der Waals surface area contributed by atoms with Gasteiger partial charge in [-0.15, -0.1) is 0 Å². The number of carboxylic acid groups (broad SMARTS) is 1. The highest BCUT2D eigenvalue weighted by Gasteiger charge is 2.32. The lowest BCUT2D eigenvalue weighted by Gasteiger charge is -2.26. The van der Waals surface area contributed by atoms with Gasteiger partial charge < -0.3 is 49.1 Å². The van der Waals surface area contributed by atoms with Gasteiger partial charge in [-0.05, 0) is 42.9 Å². The van der Waals surface area contributed by atoms with E-state index in [0.29, 0.717) is 5.56 Å². The Balaban J connectivity index is 2.91. The van der Waals surface area contributed by atoms with Gasteiger partial charge in [0.2, 0.25) is 23.6 Å². The van der Waals surface area contributed by atoms with Gasteiger partial charge in [0.05, 0.1) is 12.5 Å². The molecule has 0 bridgehead atoms. The zero-order chi connectivity index (χ0) is 29.7. The van der Waals surface area contributed by atoms with Crippen LogP contribution in [-0.4, -0.2) is 76.5 Å². The van der Waals surface area contributed by atoms with Crippen molar-refractivity contribution in [2.24, 2.45) is 33.8 Å². The van der Waals surface area contributed by atoms with Crippen molar-refractivity contribution in [3.05, 3.63) is 29.8 Å². The lowest BCUT2D eigenvalue weighted by Crippen LogP contribution is -2.59. The summed E-state index contributed by atoms with van der Waals surface area (Å²) in [7, 11) is 0. The predicted octanol–water partition coefficient (Wildman–Crippen LogP) is -2.61. The van der Waals surface area contributed by atoms with Crippen LogP contribution in [0.25, 0.3) is 0 Å². The van der Waals surface area contributed by atoms with Crippen LogP contribution >= 0.6 is 0 Å². The Bertz CT molecular complexity index is 1040. The van der Waals surface area contributed by atoms with Crippen LogP contribution < -0.4 is 38.9 Å². The average Bonchev–Trinajstić information content (AvgIpc) is 2.84. The highest BCUT2D eigenvalue weighted by Crippen LogP contribution is 2.11. The van der Waals surface area contributed by atoms with Gasteiger partial charge in [-0.3, -0.25) is 24.2 Å². The smallest absolute Gasteiger partial charge is 0.326 e. The minimum atomic E-state index is -1.50. The van der Waals surface area contributed by atoms with Crippen LogP contribution in [0.15, 0.2) is 29.3 Å². The third-order valence-electron chi connectivity index (χ3n) is 5.57. The van der Waals surface area contributed by atoms with Crippen LogP contribution in [0.3, 0.4) is 0 Å². The van der Waals surface area contributed by atoms with E-state index in [0.717, 1.165) is 0 Å². The molecule has 1 rings (SSSR count). The molecule has 0 heterocycles. The molecule has 4 unspecified atom stereocenters. The number of guanidine groups is 1. The first-order chi connectivity index (χ1) is 18.2. The Hall–Kier alpha value is -4.40. The van der Waals surface area contributed by atoms with E-state index < -0.39 is 66.1 Å². The molecule has 216 valence electrons. The van der Waals surface area contributed by atoms with Gasteiger partial charge in [0.15, 0.2) is 5.96 Å². The molecule has 1 aromatic carbocycles. The first-order valence-corrected chi connectivity index (χ1v) is 12.2. The summed E-state index contributed by atoms with van der Waals surface area (Å²) in [6.45, 7) is 3.43. The summed E-state index contributed by atoms with van der Waals surface area (Å²) in [4.78, 5) is 65.5. The molecule has 15 nitrogen and oxygen atoms in total.